The zero-order valence-corrected chi connectivity index (χ0v) is 22.5. The number of rotatable bonds is 9. The number of carbonyl (C=O) groups is 2. The molecule has 39 heavy (non-hydrogen) atoms. The second kappa shape index (κ2) is 11.6. The zero-order chi connectivity index (χ0) is 27.4. The molecule has 1 saturated carbocycles. The molecule has 0 aliphatic heterocycles. The van der Waals surface area contributed by atoms with Crippen LogP contribution in [0.5, 0.6) is 11.5 Å². The Balaban J connectivity index is 1.63. The van der Waals surface area contributed by atoms with Crippen molar-refractivity contribution in [3.8, 4) is 11.5 Å². The number of methoxy groups -OCH3 is 2. The van der Waals surface area contributed by atoms with Gasteiger partial charge in [-0.1, -0.05) is 48.4 Å². The molecule has 2 amide bonds. The van der Waals surface area contributed by atoms with E-state index in [0.29, 0.717) is 28.3 Å². The minimum absolute atomic E-state index is 0.0700. The number of hydrogen-bond donors (Lipinski definition) is 1. The van der Waals surface area contributed by atoms with Gasteiger partial charge in [-0.3, -0.25) is 14.5 Å². The third-order valence-corrected chi connectivity index (χ3v) is 7.25. The maximum Gasteiger partial charge on any atom is 0.249 e. The summed E-state index contributed by atoms with van der Waals surface area (Å²) in [6.07, 6.45) is 3.98. The first-order valence-corrected chi connectivity index (χ1v) is 13.2. The van der Waals surface area contributed by atoms with Gasteiger partial charge in [0.2, 0.25) is 11.8 Å². The number of nitrogens with zero attached hydrogens (tertiary/aromatic N) is 4. The molecule has 1 fully saturated rings. The van der Waals surface area contributed by atoms with Gasteiger partial charge in [-0.2, -0.15) is 0 Å². The quantitative estimate of drug-likeness (QED) is 0.342. The lowest BCUT2D eigenvalue weighted by Crippen LogP contribution is -2.47. The van der Waals surface area contributed by atoms with Crippen LogP contribution in [0.1, 0.15) is 42.9 Å². The number of aryl methyl sites for hydroxylation is 1. The zero-order valence-electron chi connectivity index (χ0n) is 22.5. The summed E-state index contributed by atoms with van der Waals surface area (Å²) >= 11 is 0. The molecule has 0 bridgehead atoms. The number of anilines is 1. The fourth-order valence-corrected chi connectivity index (χ4v) is 5.24. The lowest BCUT2D eigenvalue weighted by molar-refractivity contribution is -0.127. The van der Waals surface area contributed by atoms with Crippen molar-refractivity contribution in [1.29, 1.82) is 0 Å². The summed E-state index contributed by atoms with van der Waals surface area (Å²) in [5, 5.41) is 11.6. The van der Waals surface area contributed by atoms with Crippen LogP contribution in [-0.2, 0) is 16.1 Å². The third-order valence-electron chi connectivity index (χ3n) is 7.25. The predicted octanol–water partition coefficient (Wildman–Crippen LogP) is 4.59. The standard InChI is InChI=1S/C30H33N5O4/c1-20-10-4-8-14-26(20)35(28(36)19-34-27-15-9-7-13-25(27)32-33-34)29(30(37)31-22-11-5-6-12-22)21-16-23(38-2)18-24(17-21)39-3/h4,7-10,13-18,22,29H,5-6,11-12,19H2,1-3H3,(H,31,37)/t29-/m0/s1. The van der Waals surface area contributed by atoms with Gasteiger partial charge in [0, 0.05) is 17.8 Å². The summed E-state index contributed by atoms with van der Waals surface area (Å²) in [5.74, 6) is 0.510. The van der Waals surface area contributed by atoms with Crippen LogP contribution in [0.25, 0.3) is 11.0 Å². The van der Waals surface area contributed by atoms with Gasteiger partial charge in [-0.25, -0.2) is 4.68 Å². The molecule has 1 heterocycles. The Hall–Kier alpha value is -4.40. The minimum atomic E-state index is -0.974. The molecular formula is C30H33N5O4. The van der Waals surface area contributed by atoms with E-state index in [4.69, 9.17) is 9.47 Å². The maximum absolute atomic E-state index is 14.3. The Morgan fingerprint density at radius 3 is 2.36 bits per heavy atom. The second-order valence-electron chi connectivity index (χ2n) is 9.82. The Labute approximate surface area is 227 Å². The SMILES string of the molecule is COc1cc(OC)cc([C@@H](C(=O)NC2CCCC2)N(C(=O)Cn2nnc3ccccc32)c2ccccc2C)c1. The summed E-state index contributed by atoms with van der Waals surface area (Å²) in [6, 6.07) is 19.5. The molecule has 9 heteroatoms. The van der Waals surface area contributed by atoms with Crippen LogP contribution in [0, 0.1) is 6.92 Å². The molecular weight excluding hydrogens is 494 g/mol. The van der Waals surface area contributed by atoms with E-state index < -0.39 is 6.04 Å². The lowest BCUT2D eigenvalue weighted by Gasteiger charge is -2.33. The van der Waals surface area contributed by atoms with Gasteiger partial charge in [-0.15, -0.1) is 5.10 Å². The van der Waals surface area contributed by atoms with Gasteiger partial charge >= 0.3 is 0 Å². The smallest absolute Gasteiger partial charge is 0.249 e. The predicted molar refractivity (Wildman–Crippen MR) is 149 cm³/mol. The van der Waals surface area contributed by atoms with Gasteiger partial charge in [0.1, 0.15) is 29.6 Å². The first kappa shape index (κ1) is 26.2. The average Bonchev–Trinajstić information content (AvgIpc) is 3.62. The highest BCUT2D eigenvalue weighted by Gasteiger charge is 2.36. The lowest BCUT2D eigenvalue weighted by atomic mass is 10.00. The first-order chi connectivity index (χ1) is 19.0. The van der Waals surface area contributed by atoms with Crippen LogP contribution in [0.4, 0.5) is 5.69 Å². The van der Waals surface area contributed by atoms with Crippen LogP contribution in [-0.4, -0.2) is 47.1 Å². The van der Waals surface area contributed by atoms with Gasteiger partial charge in [-0.05, 0) is 61.2 Å². The maximum atomic E-state index is 14.3. The van der Waals surface area contributed by atoms with Crippen molar-refractivity contribution >= 4 is 28.5 Å². The van der Waals surface area contributed by atoms with Crippen LogP contribution in [0.15, 0.2) is 66.7 Å². The number of hydrogen-bond acceptors (Lipinski definition) is 6. The van der Waals surface area contributed by atoms with E-state index in [1.807, 2.05) is 55.5 Å². The summed E-state index contributed by atoms with van der Waals surface area (Å²) in [6.45, 7) is 1.84. The molecule has 202 valence electrons. The summed E-state index contributed by atoms with van der Waals surface area (Å²) in [5.41, 5.74) is 3.52. The largest absolute Gasteiger partial charge is 0.497 e. The fourth-order valence-electron chi connectivity index (χ4n) is 5.24. The monoisotopic (exact) mass is 527 g/mol. The van der Waals surface area contributed by atoms with Crippen molar-refractivity contribution < 1.29 is 19.1 Å². The molecule has 1 aromatic heterocycles. The van der Waals surface area contributed by atoms with Gasteiger partial charge < -0.3 is 14.8 Å². The first-order valence-electron chi connectivity index (χ1n) is 13.2. The number of fused-ring (bicyclic) bond motifs is 1. The number of aromatic nitrogens is 3. The van der Waals surface area contributed by atoms with Gasteiger partial charge in [0.05, 0.1) is 19.7 Å². The number of ether oxygens (including phenoxy) is 2. The van der Waals surface area contributed by atoms with Crippen molar-refractivity contribution in [3.05, 3.63) is 77.9 Å². The van der Waals surface area contributed by atoms with Crippen LogP contribution >= 0.6 is 0 Å². The Morgan fingerprint density at radius 2 is 1.67 bits per heavy atom. The number of benzene rings is 3. The van der Waals surface area contributed by atoms with E-state index in [-0.39, 0.29) is 24.4 Å². The molecule has 0 saturated heterocycles. The molecule has 1 atom stereocenters. The molecule has 0 unspecified atom stereocenters. The normalized spacial score (nSPS) is 14.2. The number of nitrogens with one attached hydrogen (secondary N) is 1. The van der Waals surface area contributed by atoms with Crippen molar-refractivity contribution in [3.63, 3.8) is 0 Å². The minimum Gasteiger partial charge on any atom is -0.497 e. The van der Waals surface area contributed by atoms with Gasteiger partial charge in [0.15, 0.2) is 0 Å². The molecule has 1 aliphatic rings. The van der Waals surface area contributed by atoms with E-state index in [1.54, 1.807) is 42.0 Å². The molecule has 9 nitrogen and oxygen atoms in total. The molecule has 0 spiro atoms. The highest BCUT2D eigenvalue weighted by molar-refractivity contribution is 6.02. The molecule has 1 aliphatic carbocycles. The van der Waals surface area contributed by atoms with E-state index in [2.05, 4.69) is 15.6 Å². The third kappa shape index (κ3) is 5.57. The molecule has 1 N–H and O–H groups in total. The van der Waals surface area contributed by atoms with Crippen LogP contribution < -0.4 is 19.7 Å². The van der Waals surface area contributed by atoms with Crippen molar-refractivity contribution in [2.75, 3.05) is 19.1 Å². The number of para-hydroxylation sites is 2. The highest BCUT2D eigenvalue weighted by Crippen LogP contribution is 2.35. The Bertz CT molecular complexity index is 1460. The number of amides is 2. The summed E-state index contributed by atoms with van der Waals surface area (Å²) in [4.78, 5) is 30.0. The van der Waals surface area contributed by atoms with E-state index in [0.717, 1.165) is 36.8 Å². The van der Waals surface area contributed by atoms with E-state index in [1.165, 1.54) is 0 Å². The average molecular weight is 528 g/mol. The highest BCUT2D eigenvalue weighted by atomic mass is 16.5. The van der Waals surface area contributed by atoms with E-state index in [9.17, 15) is 9.59 Å². The molecule has 3 aromatic carbocycles. The molecule has 4 aromatic rings. The van der Waals surface area contributed by atoms with Crippen LogP contribution in [0.3, 0.4) is 0 Å². The van der Waals surface area contributed by atoms with Gasteiger partial charge in [0.25, 0.3) is 0 Å². The summed E-state index contributed by atoms with van der Waals surface area (Å²) in [7, 11) is 3.12. The topological polar surface area (TPSA) is 98.6 Å². The summed E-state index contributed by atoms with van der Waals surface area (Å²) < 4.78 is 12.6. The molecule has 0 radical (unpaired) electrons. The van der Waals surface area contributed by atoms with Crippen molar-refractivity contribution in [2.45, 2.75) is 51.2 Å². The second-order valence-corrected chi connectivity index (χ2v) is 9.82. The van der Waals surface area contributed by atoms with Crippen molar-refractivity contribution in [1.82, 2.24) is 20.3 Å². The fraction of sp³-hybridized carbons (Fsp3) is 0.333. The van der Waals surface area contributed by atoms with Crippen LogP contribution in [0.2, 0.25) is 0 Å². The Morgan fingerprint density at radius 1 is 1.00 bits per heavy atom. The van der Waals surface area contributed by atoms with Crippen molar-refractivity contribution in [2.24, 2.45) is 0 Å². The number of carbonyl (C=O) groups excluding carboxylic acids is 2. The molecule has 5 rings (SSSR count). The van der Waals surface area contributed by atoms with E-state index >= 15 is 0 Å². The Kier molecular flexibility index (Phi) is 7.76.